The molecule has 3 aromatic carbocycles. The molecule has 0 spiro atoms. The van der Waals surface area contributed by atoms with Crippen molar-refractivity contribution in [2.75, 3.05) is 6.54 Å². The van der Waals surface area contributed by atoms with Crippen molar-refractivity contribution in [3.63, 3.8) is 0 Å². The maximum absolute atomic E-state index is 14.1. The van der Waals surface area contributed by atoms with Crippen molar-refractivity contribution in [3.05, 3.63) is 100 Å². The Hall–Kier alpha value is -2.74. The number of carbonyl (C=O) groups is 1. The Morgan fingerprint density at radius 3 is 2.33 bits per heavy atom. The topological polar surface area (TPSA) is 72.5 Å². The summed E-state index contributed by atoms with van der Waals surface area (Å²) in [7, 11) is -3.84. The van der Waals surface area contributed by atoms with Gasteiger partial charge in [-0.15, -0.1) is 0 Å². The van der Waals surface area contributed by atoms with Gasteiger partial charge in [0.1, 0.15) is 17.5 Å². The Bertz CT molecular complexity index is 1120. The highest BCUT2D eigenvalue weighted by Crippen LogP contribution is 2.24. The lowest BCUT2D eigenvalue weighted by molar-refractivity contribution is 0.0303. The van der Waals surface area contributed by atoms with Crippen molar-refractivity contribution in [2.24, 2.45) is 0 Å². The van der Waals surface area contributed by atoms with Crippen LogP contribution in [-0.2, 0) is 14.8 Å². The standard InChI is InChI=1S/C22H19ClFNO4S/c1-15-10-12-17(13-11-15)30(27,28)25-14-20(16-6-3-2-4-7-16)29-22(26)21-18(23)8-5-9-19(21)24/h2-13,20,25H,14H2,1H3. The van der Waals surface area contributed by atoms with Crippen LogP contribution in [0.5, 0.6) is 0 Å². The minimum atomic E-state index is -3.84. The third-order valence-corrected chi connectivity index (χ3v) is 6.13. The maximum atomic E-state index is 14.1. The van der Waals surface area contributed by atoms with Crippen LogP contribution in [0.2, 0.25) is 5.02 Å². The van der Waals surface area contributed by atoms with Crippen molar-refractivity contribution < 1.29 is 22.3 Å². The summed E-state index contributed by atoms with van der Waals surface area (Å²) in [5.74, 6) is -1.80. The first kappa shape index (κ1) is 22.0. The predicted molar refractivity (Wildman–Crippen MR) is 112 cm³/mol. The van der Waals surface area contributed by atoms with Gasteiger partial charge in [0, 0.05) is 0 Å². The van der Waals surface area contributed by atoms with Crippen molar-refractivity contribution in [1.82, 2.24) is 4.72 Å². The van der Waals surface area contributed by atoms with Gasteiger partial charge in [-0.25, -0.2) is 22.3 Å². The third-order valence-electron chi connectivity index (χ3n) is 4.38. The number of benzene rings is 3. The molecule has 3 rings (SSSR count). The van der Waals surface area contributed by atoms with Gasteiger partial charge in [0.25, 0.3) is 0 Å². The van der Waals surface area contributed by atoms with Gasteiger partial charge in [-0.05, 0) is 36.8 Å². The van der Waals surface area contributed by atoms with Crippen LogP contribution in [0.1, 0.15) is 27.6 Å². The number of carbonyl (C=O) groups excluding carboxylic acids is 1. The van der Waals surface area contributed by atoms with E-state index in [0.717, 1.165) is 11.6 Å². The van der Waals surface area contributed by atoms with Crippen LogP contribution in [0.25, 0.3) is 0 Å². The van der Waals surface area contributed by atoms with E-state index < -0.39 is 33.5 Å². The first-order chi connectivity index (χ1) is 14.3. The monoisotopic (exact) mass is 447 g/mol. The SMILES string of the molecule is Cc1ccc(S(=O)(=O)NCC(OC(=O)c2c(F)cccc2Cl)c2ccccc2)cc1. The molecule has 0 aliphatic carbocycles. The average Bonchev–Trinajstić information content (AvgIpc) is 2.72. The number of aryl methyl sites for hydroxylation is 1. The van der Waals surface area contributed by atoms with Gasteiger partial charge in [0.05, 0.1) is 16.5 Å². The van der Waals surface area contributed by atoms with E-state index in [0.29, 0.717) is 5.56 Å². The number of halogens is 2. The normalized spacial score (nSPS) is 12.4. The summed E-state index contributed by atoms with van der Waals surface area (Å²) in [6, 6.07) is 18.8. The van der Waals surface area contributed by atoms with E-state index >= 15 is 0 Å². The third kappa shape index (κ3) is 5.24. The molecule has 1 N–H and O–H groups in total. The summed E-state index contributed by atoms with van der Waals surface area (Å²) in [6.07, 6.45) is -0.991. The van der Waals surface area contributed by atoms with Crippen molar-refractivity contribution in [2.45, 2.75) is 17.9 Å². The number of nitrogens with one attached hydrogen (secondary N) is 1. The predicted octanol–water partition coefficient (Wildman–Crippen LogP) is 4.66. The molecule has 3 aromatic rings. The summed E-state index contributed by atoms with van der Waals surface area (Å²) in [5, 5.41) is -0.0907. The van der Waals surface area contributed by atoms with Gasteiger partial charge in [-0.1, -0.05) is 65.7 Å². The molecule has 0 bridgehead atoms. The van der Waals surface area contributed by atoms with E-state index in [9.17, 15) is 17.6 Å². The number of hydrogen-bond donors (Lipinski definition) is 1. The number of esters is 1. The van der Waals surface area contributed by atoms with Gasteiger partial charge >= 0.3 is 5.97 Å². The molecule has 5 nitrogen and oxygen atoms in total. The van der Waals surface area contributed by atoms with Crippen LogP contribution in [0.15, 0.2) is 77.7 Å². The Kier molecular flexibility index (Phi) is 6.87. The highest BCUT2D eigenvalue weighted by molar-refractivity contribution is 7.89. The maximum Gasteiger partial charge on any atom is 0.343 e. The molecule has 0 amide bonds. The first-order valence-corrected chi connectivity index (χ1v) is 10.9. The zero-order valence-electron chi connectivity index (χ0n) is 16.0. The summed E-state index contributed by atoms with van der Waals surface area (Å²) in [4.78, 5) is 12.7. The Labute approximate surface area is 179 Å². The van der Waals surface area contributed by atoms with Crippen molar-refractivity contribution in [3.8, 4) is 0 Å². The van der Waals surface area contributed by atoms with E-state index in [1.807, 2.05) is 6.92 Å². The molecule has 8 heteroatoms. The van der Waals surface area contributed by atoms with Crippen LogP contribution < -0.4 is 4.72 Å². The zero-order valence-corrected chi connectivity index (χ0v) is 17.6. The molecular weight excluding hydrogens is 429 g/mol. The minimum Gasteiger partial charge on any atom is -0.452 e. The summed E-state index contributed by atoms with van der Waals surface area (Å²) in [5.41, 5.74) is 1.07. The smallest absolute Gasteiger partial charge is 0.343 e. The van der Waals surface area contributed by atoms with Crippen LogP contribution in [-0.4, -0.2) is 20.9 Å². The van der Waals surface area contributed by atoms with E-state index in [-0.39, 0.29) is 16.5 Å². The van der Waals surface area contributed by atoms with Crippen LogP contribution >= 0.6 is 11.6 Å². The van der Waals surface area contributed by atoms with E-state index in [4.69, 9.17) is 16.3 Å². The van der Waals surface area contributed by atoms with E-state index in [2.05, 4.69) is 4.72 Å². The van der Waals surface area contributed by atoms with Gasteiger partial charge in [0.2, 0.25) is 10.0 Å². The fourth-order valence-electron chi connectivity index (χ4n) is 2.76. The molecule has 0 saturated carbocycles. The van der Waals surface area contributed by atoms with E-state index in [1.54, 1.807) is 42.5 Å². The number of rotatable bonds is 7. The Morgan fingerprint density at radius 1 is 1.03 bits per heavy atom. The summed E-state index contributed by atoms with van der Waals surface area (Å²) >= 11 is 5.94. The van der Waals surface area contributed by atoms with E-state index in [1.165, 1.54) is 24.3 Å². The second-order valence-corrected chi connectivity index (χ2v) is 8.74. The van der Waals surface area contributed by atoms with Gasteiger partial charge in [-0.3, -0.25) is 0 Å². The Balaban J connectivity index is 1.83. The Morgan fingerprint density at radius 2 is 1.70 bits per heavy atom. The quantitative estimate of drug-likeness (QED) is 0.534. The second-order valence-electron chi connectivity index (χ2n) is 6.57. The molecule has 0 fully saturated rings. The molecular formula is C22H19ClFNO4S. The average molecular weight is 448 g/mol. The van der Waals surface area contributed by atoms with Crippen LogP contribution in [0, 0.1) is 12.7 Å². The minimum absolute atomic E-state index is 0.0865. The number of ether oxygens (including phenoxy) is 1. The highest BCUT2D eigenvalue weighted by Gasteiger charge is 2.24. The molecule has 1 atom stereocenters. The second kappa shape index (κ2) is 9.38. The molecule has 0 aliphatic rings. The van der Waals surface area contributed by atoms with Crippen LogP contribution in [0.4, 0.5) is 4.39 Å². The van der Waals surface area contributed by atoms with Gasteiger partial charge in [0.15, 0.2) is 0 Å². The summed E-state index contributed by atoms with van der Waals surface area (Å²) in [6.45, 7) is 1.61. The fourth-order valence-corrected chi connectivity index (χ4v) is 4.03. The molecule has 0 radical (unpaired) electrons. The van der Waals surface area contributed by atoms with Gasteiger partial charge in [-0.2, -0.15) is 0 Å². The molecule has 0 aliphatic heterocycles. The lowest BCUT2D eigenvalue weighted by Gasteiger charge is -2.19. The molecule has 30 heavy (non-hydrogen) atoms. The fraction of sp³-hybridized carbons (Fsp3) is 0.136. The lowest BCUT2D eigenvalue weighted by Crippen LogP contribution is -2.30. The zero-order chi connectivity index (χ0) is 21.7. The highest BCUT2D eigenvalue weighted by atomic mass is 35.5. The molecule has 0 saturated heterocycles. The lowest BCUT2D eigenvalue weighted by atomic mass is 10.1. The summed E-state index contributed by atoms with van der Waals surface area (Å²) < 4.78 is 47.2. The number of hydrogen-bond acceptors (Lipinski definition) is 4. The molecule has 156 valence electrons. The molecule has 0 heterocycles. The largest absolute Gasteiger partial charge is 0.452 e. The molecule has 1 unspecified atom stereocenters. The van der Waals surface area contributed by atoms with Crippen LogP contribution in [0.3, 0.4) is 0 Å². The van der Waals surface area contributed by atoms with Gasteiger partial charge < -0.3 is 4.74 Å². The first-order valence-electron chi connectivity index (χ1n) is 9.04. The van der Waals surface area contributed by atoms with Crippen molar-refractivity contribution >= 4 is 27.6 Å². The molecule has 0 aromatic heterocycles. The number of sulfonamides is 1. The van der Waals surface area contributed by atoms with Crippen molar-refractivity contribution in [1.29, 1.82) is 0 Å².